The number of fused-ring (bicyclic) bond motifs is 1. The second-order valence-electron chi connectivity index (χ2n) is 14.2. The number of thioether (sulfide) groups is 1. The zero-order valence-corrected chi connectivity index (χ0v) is 27.9. The van der Waals surface area contributed by atoms with Crippen LogP contribution in [0.5, 0.6) is 0 Å². The van der Waals surface area contributed by atoms with Gasteiger partial charge >= 0.3 is 6.03 Å². The highest BCUT2D eigenvalue weighted by atomic mass is 32.2. The highest BCUT2D eigenvalue weighted by Crippen LogP contribution is 2.33. The first-order valence-electron chi connectivity index (χ1n) is 16.2. The molecule has 3 saturated heterocycles. The van der Waals surface area contributed by atoms with Gasteiger partial charge in [0.2, 0.25) is 11.8 Å². The van der Waals surface area contributed by atoms with Crippen LogP contribution in [0.2, 0.25) is 0 Å². The Kier molecular flexibility index (Phi) is 12.9. The van der Waals surface area contributed by atoms with Crippen LogP contribution in [0.1, 0.15) is 99.8 Å². The van der Waals surface area contributed by atoms with Gasteiger partial charge in [-0.2, -0.15) is 11.8 Å². The Morgan fingerprint density at radius 1 is 0.930 bits per heavy atom. The number of carbonyl (C=O) groups excluding carboxylic acids is 5. The maximum absolute atomic E-state index is 13.6. The third-order valence-corrected chi connectivity index (χ3v) is 10.0. The highest BCUT2D eigenvalue weighted by Gasteiger charge is 2.50. The largest absolute Gasteiger partial charge is 0.361 e. The molecule has 3 aliphatic heterocycles. The summed E-state index contributed by atoms with van der Waals surface area (Å²) in [5, 5.41) is 12.2. The second-order valence-corrected chi connectivity index (χ2v) is 15.5. The van der Waals surface area contributed by atoms with E-state index in [9.17, 15) is 24.0 Å². The molecule has 0 bridgehead atoms. The summed E-state index contributed by atoms with van der Waals surface area (Å²) in [6.07, 6.45) is 4.34. The molecule has 0 saturated carbocycles. The van der Waals surface area contributed by atoms with E-state index >= 15 is 0 Å². The van der Waals surface area contributed by atoms with Crippen molar-refractivity contribution in [2.45, 2.75) is 135 Å². The van der Waals surface area contributed by atoms with Crippen molar-refractivity contribution in [3.05, 3.63) is 0 Å². The van der Waals surface area contributed by atoms with Crippen molar-refractivity contribution < 1.29 is 28.7 Å². The van der Waals surface area contributed by atoms with E-state index in [-0.39, 0.29) is 65.7 Å². The Bertz CT molecular complexity index is 1010. The molecule has 3 aliphatic rings. The van der Waals surface area contributed by atoms with Crippen LogP contribution in [-0.2, 0) is 23.9 Å². The van der Waals surface area contributed by atoms with Crippen molar-refractivity contribution >= 4 is 41.2 Å². The summed E-state index contributed by atoms with van der Waals surface area (Å²) >= 11 is 1.86. The van der Waals surface area contributed by atoms with Crippen LogP contribution in [0.4, 0.5) is 4.79 Å². The van der Waals surface area contributed by atoms with Gasteiger partial charge in [0.25, 0.3) is 0 Å². The number of urea groups is 1. The first-order valence-corrected chi connectivity index (χ1v) is 17.2. The van der Waals surface area contributed by atoms with E-state index in [1.165, 1.54) is 0 Å². The quantitative estimate of drug-likeness (QED) is 0.0975. The van der Waals surface area contributed by atoms with E-state index in [1.54, 1.807) is 6.92 Å². The third kappa shape index (κ3) is 10.8. The Balaban J connectivity index is 1.54. The Labute approximate surface area is 261 Å². The monoisotopic (exact) mass is 622 g/mol. The maximum atomic E-state index is 13.6. The number of hydrogen-bond donors (Lipinski definition) is 4. The fourth-order valence-corrected chi connectivity index (χ4v) is 7.68. The van der Waals surface area contributed by atoms with Gasteiger partial charge in [-0.05, 0) is 56.8 Å². The minimum atomic E-state index is -0.842. The molecule has 3 fully saturated rings. The van der Waals surface area contributed by atoms with Gasteiger partial charge in [-0.15, -0.1) is 0 Å². The van der Waals surface area contributed by atoms with Crippen molar-refractivity contribution in [1.29, 1.82) is 0 Å². The van der Waals surface area contributed by atoms with Gasteiger partial charge < -0.3 is 26.0 Å². The van der Waals surface area contributed by atoms with E-state index in [0.717, 1.165) is 18.6 Å². The summed E-state index contributed by atoms with van der Waals surface area (Å²) in [4.78, 5) is 64.7. The molecule has 0 unspecified atom stereocenters. The summed E-state index contributed by atoms with van der Waals surface area (Å²) in [6, 6.07) is -1.08. The lowest BCUT2D eigenvalue weighted by Gasteiger charge is -2.26. The highest BCUT2D eigenvalue weighted by molar-refractivity contribution is 8.00. The summed E-state index contributed by atoms with van der Waals surface area (Å²) < 4.78 is 5.36. The van der Waals surface area contributed by atoms with Gasteiger partial charge in [0.1, 0.15) is 5.60 Å². The number of rotatable bonds is 19. The molecule has 7 atom stereocenters. The van der Waals surface area contributed by atoms with E-state index in [1.807, 2.05) is 53.3 Å². The fraction of sp³-hybridized carbons (Fsp3) is 0.844. The van der Waals surface area contributed by atoms with E-state index in [0.29, 0.717) is 44.0 Å². The van der Waals surface area contributed by atoms with Crippen molar-refractivity contribution in [3.8, 4) is 0 Å². The SMILES string of the molecule is CC(C)C[C@H](CC(=O)[C@H](CC(C)C)NC(=O)CCCC[C@@H]1SC[C@@H]2NC(=O)N[C@@H]21)C(=O)N[C@@H](CC(C)C)C(=O)[C@@]1(C)CO1. The van der Waals surface area contributed by atoms with Gasteiger partial charge in [0, 0.05) is 29.8 Å². The average molecular weight is 623 g/mol. The molecule has 0 radical (unpaired) electrons. The van der Waals surface area contributed by atoms with Crippen molar-refractivity contribution in [2.24, 2.45) is 23.7 Å². The molecule has 4 amide bonds. The molecule has 244 valence electrons. The fourth-order valence-electron chi connectivity index (χ4n) is 6.13. The predicted molar refractivity (Wildman–Crippen MR) is 169 cm³/mol. The number of ether oxygens (including phenoxy) is 1. The van der Waals surface area contributed by atoms with Gasteiger partial charge in [0.15, 0.2) is 11.6 Å². The molecule has 0 aliphatic carbocycles. The van der Waals surface area contributed by atoms with Crippen LogP contribution in [0.25, 0.3) is 0 Å². The number of nitrogens with one attached hydrogen (secondary N) is 4. The summed E-state index contributed by atoms with van der Waals surface area (Å²) in [5.74, 6) is 0.155. The number of Topliss-reactive ketones (excluding diaryl/α,β-unsaturated/α-hetero) is 2. The molecular weight excluding hydrogens is 568 g/mol. The first-order chi connectivity index (χ1) is 20.2. The predicted octanol–water partition coefficient (Wildman–Crippen LogP) is 3.75. The Morgan fingerprint density at radius 2 is 1.56 bits per heavy atom. The standard InChI is InChI=1S/C32H54N4O6S/c1-18(2)12-21(30(40)34-23(14-20(5)6)29(39)32(7)17-42-32)15-25(37)22(13-19(3)4)33-27(38)11-9-8-10-26-28-24(16-43-26)35-31(41)36-28/h18-24,26,28H,8-17H2,1-7H3,(H,33,38)(H,34,40)(H2,35,36,41)/t21-,22+,23+,24+,26+,28+,32-/m1/s1. The van der Waals surface area contributed by atoms with E-state index < -0.39 is 23.6 Å². The van der Waals surface area contributed by atoms with Gasteiger partial charge in [-0.3, -0.25) is 19.2 Å². The minimum absolute atomic E-state index is 0.0131. The molecule has 0 aromatic heterocycles. The minimum Gasteiger partial charge on any atom is -0.361 e. The van der Waals surface area contributed by atoms with Crippen molar-refractivity contribution in [2.75, 3.05) is 12.4 Å². The lowest BCUT2D eigenvalue weighted by Crippen LogP contribution is -2.49. The number of amides is 4. The number of epoxide rings is 1. The molecule has 4 N–H and O–H groups in total. The van der Waals surface area contributed by atoms with Gasteiger partial charge in [-0.1, -0.05) is 48.0 Å². The molecule has 3 rings (SSSR count). The van der Waals surface area contributed by atoms with E-state index in [4.69, 9.17) is 4.74 Å². The number of carbonyl (C=O) groups is 5. The van der Waals surface area contributed by atoms with Crippen molar-refractivity contribution in [1.82, 2.24) is 21.3 Å². The topological polar surface area (TPSA) is 146 Å². The smallest absolute Gasteiger partial charge is 0.315 e. The molecular formula is C32H54N4O6S. The molecule has 43 heavy (non-hydrogen) atoms. The van der Waals surface area contributed by atoms with Crippen LogP contribution in [-0.4, -0.2) is 76.8 Å². The summed E-state index contributed by atoms with van der Waals surface area (Å²) in [5.41, 5.74) is -0.842. The lowest BCUT2D eigenvalue weighted by atomic mass is 9.87. The number of unbranched alkanes of at least 4 members (excludes halogenated alkanes) is 1. The van der Waals surface area contributed by atoms with Crippen molar-refractivity contribution in [3.63, 3.8) is 0 Å². The number of hydrogen-bond acceptors (Lipinski definition) is 7. The summed E-state index contributed by atoms with van der Waals surface area (Å²) in [6.45, 7) is 14.2. The van der Waals surface area contributed by atoms with Crippen LogP contribution in [0.3, 0.4) is 0 Å². The zero-order valence-electron chi connectivity index (χ0n) is 27.1. The molecule has 0 spiro atoms. The summed E-state index contributed by atoms with van der Waals surface area (Å²) in [7, 11) is 0. The molecule has 10 nitrogen and oxygen atoms in total. The average Bonchev–Trinajstić information content (AvgIpc) is 3.39. The second kappa shape index (κ2) is 15.7. The van der Waals surface area contributed by atoms with Crippen LogP contribution in [0.15, 0.2) is 0 Å². The first kappa shape index (κ1) is 35.3. The Morgan fingerprint density at radius 3 is 2.16 bits per heavy atom. The molecule has 0 aromatic carbocycles. The van der Waals surface area contributed by atoms with Gasteiger partial charge in [0.05, 0.1) is 30.8 Å². The van der Waals surface area contributed by atoms with E-state index in [2.05, 4.69) is 21.3 Å². The molecule has 3 heterocycles. The molecule has 11 heteroatoms. The third-order valence-electron chi connectivity index (χ3n) is 8.52. The molecule has 0 aromatic rings. The van der Waals surface area contributed by atoms with Crippen LogP contribution < -0.4 is 21.3 Å². The maximum Gasteiger partial charge on any atom is 0.315 e. The number of ketones is 2. The van der Waals surface area contributed by atoms with Crippen LogP contribution in [0, 0.1) is 23.7 Å². The van der Waals surface area contributed by atoms with Crippen LogP contribution >= 0.6 is 11.8 Å². The lowest BCUT2D eigenvalue weighted by molar-refractivity contribution is -0.135. The normalized spacial score (nSPS) is 26.5. The zero-order chi connectivity index (χ0) is 31.9. The Hall–Kier alpha value is -2.14. The van der Waals surface area contributed by atoms with Gasteiger partial charge in [-0.25, -0.2) is 4.79 Å².